The van der Waals surface area contributed by atoms with Gasteiger partial charge >= 0.3 is 10.2 Å². The van der Waals surface area contributed by atoms with Crippen LogP contribution < -0.4 is 10.2 Å². The number of hydrogen-bond donors (Lipinski definition) is 1. The number of nitrogens with zero attached hydrogens (tertiary/aromatic N) is 2. The summed E-state index contributed by atoms with van der Waals surface area (Å²) < 4.78 is 34.2. The normalized spacial score (nSPS) is 18.6. The van der Waals surface area contributed by atoms with E-state index >= 15 is 0 Å². The molecule has 1 aromatic rings. The van der Waals surface area contributed by atoms with Crippen LogP contribution in [0.25, 0.3) is 0 Å². The van der Waals surface area contributed by atoms with E-state index in [4.69, 9.17) is 5.26 Å². The van der Waals surface area contributed by atoms with Crippen LogP contribution >= 0.6 is 0 Å². The highest BCUT2D eigenvalue weighted by Crippen LogP contribution is 2.32. The van der Waals surface area contributed by atoms with Crippen LogP contribution in [-0.2, 0) is 15.0 Å². The first-order chi connectivity index (χ1) is 9.84. The molecular formula is C13H14FN3O3S. The van der Waals surface area contributed by atoms with Gasteiger partial charge in [0, 0.05) is 25.9 Å². The Morgan fingerprint density at radius 2 is 2.24 bits per heavy atom. The summed E-state index contributed by atoms with van der Waals surface area (Å²) in [5.41, 5.74) is 1.53. The van der Waals surface area contributed by atoms with Gasteiger partial charge in [0.15, 0.2) is 0 Å². The summed E-state index contributed by atoms with van der Waals surface area (Å²) >= 11 is 0. The van der Waals surface area contributed by atoms with Gasteiger partial charge in [0.2, 0.25) is 5.91 Å². The Balaban J connectivity index is 2.30. The van der Waals surface area contributed by atoms with E-state index in [1.807, 2.05) is 6.07 Å². The van der Waals surface area contributed by atoms with E-state index in [1.54, 1.807) is 25.2 Å². The number of rotatable bonds is 4. The molecule has 112 valence electrons. The van der Waals surface area contributed by atoms with E-state index in [2.05, 4.69) is 5.32 Å². The fourth-order valence-electron chi connectivity index (χ4n) is 2.44. The maximum atomic E-state index is 12.7. The zero-order chi connectivity index (χ0) is 15.6. The minimum absolute atomic E-state index is 0.0247. The average molecular weight is 311 g/mol. The number of nitrogens with one attached hydrogen (secondary N) is 1. The molecule has 1 aliphatic heterocycles. The first-order valence-corrected chi connectivity index (χ1v) is 7.84. The van der Waals surface area contributed by atoms with Gasteiger partial charge in [0.1, 0.15) is 0 Å². The topological polar surface area (TPSA) is 90.3 Å². The van der Waals surface area contributed by atoms with Crippen LogP contribution in [-0.4, -0.2) is 33.7 Å². The fraction of sp³-hybridized carbons (Fsp3) is 0.385. The smallest absolute Gasteiger partial charge is 0.302 e. The van der Waals surface area contributed by atoms with Crippen molar-refractivity contribution in [3.63, 3.8) is 0 Å². The number of carbonyl (C=O) groups is 1. The molecule has 1 heterocycles. The number of amides is 1. The lowest BCUT2D eigenvalue weighted by molar-refractivity contribution is -0.117. The Kier molecular flexibility index (Phi) is 4.14. The molecule has 0 saturated carbocycles. The van der Waals surface area contributed by atoms with Gasteiger partial charge < -0.3 is 10.2 Å². The number of carbonyl (C=O) groups excluding carboxylic acids is 1. The number of anilines is 2. The minimum Gasteiger partial charge on any atom is -0.386 e. The van der Waals surface area contributed by atoms with Crippen LogP contribution in [0.2, 0.25) is 0 Å². The van der Waals surface area contributed by atoms with Gasteiger partial charge in [-0.25, -0.2) is 0 Å². The second-order valence-electron chi connectivity index (χ2n) is 4.87. The van der Waals surface area contributed by atoms with Gasteiger partial charge in [-0.3, -0.25) is 4.79 Å². The standard InChI is InChI=1S/C13H14FN3O3S/c1-16-11-3-2-9(6-15)4-12(11)17-7-10(5-13(17)18)8-21(14,19)20/h2-4,10,16H,5,7-8H2,1H3. The number of hydrogen-bond acceptors (Lipinski definition) is 5. The van der Waals surface area contributed by atoms with Crippen molar-refractivity contribution in [2.24, 2.45) is 5.92 Å². The van der Waals surface area contributed by atoms with Crippen LogP contribution in [0.1, 0.15) is 12.0 Å². The Morgan fingerprint density at radius 3 is 2.81 bits per heavy atom. The van der Waals surface area contributed by atoms with Crippen molar-refractivity contribution in [1.82, 2.24) is 0 Å². The second kappa shape index (κ2) is 5.69. The summed E-state index contributed by atoms with van der Waals surface area (Å²) in [4.78, 5) is 13.4. The molecule has 6 nitrogen and oxygen atoms in total. The lowest BCUT2D eigenvalue weighted by atomic mass is 10.1. The Morgan fingerprint density at radius 1 is 1.52 bits per heavy atom. The number of halogens is 1. The molecular weight excluding hydrogens is 297 g/mol. The third-order valence-electron chi connectivity index (χ3n) is 3.33. The van der Waals surface area contributed by atoms with Gasteiger partial charge in [-0.1, -0.05) is 0 Å². The van der Waals surface area contributed by atoms with Crippen molar-refractivity contribution in [2.45, 2.75) is 6.42 Å². The zero-order valence-electron chi connectivity index (χ0n) is 11.3. The van der Waals surface area contributed by atoms with E-state index in [9.17, 15) is 17.1 Å². The number of benzene rings is 1. The fourth-order valence-corrected chi connectivity index (χ4v) is 3.23. The van der Waals surface area contributed by atoms with Crippen molar-refractivity contribution in [2.75, 3.05) is 29.6 Å². The molecule has 1 saturated heterocycles. The van der Waals surface area contributed by atoms with Gasteiger partial charge in [-0.05, 0) is 18.2 Å². The Labute approximate surface area is 122 Å². The summed E-state index contributed by atoms with van der Waals surface area (Å²) in [6.07, 6.45) is -0.0247. The van der Waals surface area contributed by atoms with Gasteiger partial charge in [0.25, 0.3) is 0 Å². The van der Waals surface area contributed by atoms with Gasteiger partial charge in [0.05, 0.1) is 28.8 Å². The molecule has 0 spiro atoms. The van der Waals surface area contributed by atoms with Crippen molar-refractivity contribution in [3.05, 3.63) is 23.8 Å². The molecule has 1 unspecified atom stereocenters. The molecule has 8 heteroatoms. The lowest BCUT2D eigenvalue weighted by Gasteiger charge is -2.20. The maximum Gasteiger partial charge on any atom is 0.302 e. The van der Waals surface area contributed by atoms with Crippen molar-refractivity contribution >= 4 is 27.5 Å². The van der Waals surface area contributed by atoms with Crippen LogP contribution in [0, 0.1) is 17.2 Å². The molecule has 1 aliphatic rings. The predicted molar refractivity (Wildman–Crippen MR) is 76.1 cm³/mol. The first-order valence-electron chi connectivity index (χ1n) is 6.28. The molecule has 1 aromatic carbocycles. The molecule has 1 atom stereocenters. The number of nitriles is 1. The molecule has 1 fully saturated rings. The largest absolute Gasteiger partial charge is 0.386 e. The lowest BCUT2D eigenvalue weighted by Crippen LogP contribution is -2.26. The first kappa shape index (κ1) is 15.3. The molecule has 2 rings (SSSR count). The summed E-state index contributed by atoms with van der Waals surface area (Å²) in [5.74, 6) is -1.53. The highest BCUT2D eigenvalue weighted by Gasteiger charge is 2.34. The Hall–Kier alpha value is -2.14. The minimum atomic E-state index is -4.61. The monoisotopic (exact) mass is 311 g/mol. The van der Waals surface area contributed by atoms with E-state index in [-0.39, 0.29) is 18.9 Å². The van der Waals surface area contributed by atoms with Gasteiger partial charge in [-0.15, -0.1) is 3.89 Å². The second-order valence-corrected chi connectivity index (χ2v) is 6.28. The molecule has 1 amide bonds. The highest BCUT2D eigenvalue weighted by atomic mass is 32.3. The van der Waals surface area contributed by atoms with E-state index in [0.717, 1.165) is 0 Å². The van der Waals surface area contributed by atoms with Crippen LogP contribution in [0.3, 0.4) is 0 Å². The predicted octanol–water partition coefficient (Wildman–Crippen LogP) is 1.25. The summed E-state index contributed by atoms with van der Waals surface area (Å²) in [7, 11) is -2.94. The average Bonchev–Trinajstić information content (AvgIpc) is 2.76. The summed E-state index contributed by atoms with van der Waals surface area (Å²) in [6.45, 7) is 0.117. The molecule has 0 radical (unpaired) electrons. The summed E-state index contributed by atoms with van der Waals surface area (Å²) in [6, 6.07) is 6.81. The van der Waals surface area contributed by atoms with Crippen LogP contribution in [0.5, 0.6) is 0 Å². The van der Waals surface area contributed by atoms with E-state index < -0.39 is 21.9 Å². The third-order valence-corrected chi connectivity index (χ3v) is 4.20. The van der Waals surface area contributed by atoms with E-state index in [1.165, 1.54) is 4.90 Å². The maximum absolute atomic E-state index is 12.7. The molecule has 0 aromatic heterocycles. The third kappa shape index (κ3) is 3.49. The quantitative estimate of drug-likeness (QED) is 0.845. The molecule has 0 bridgehead atoms. The van der Waals surface area contributed by atoms with Crippen molar-refractivity contribution in [1.29, 1.82) is 5.26 Å². The van der Waals surface area contributed by atoms with E-state index in [0.29, 0.717) is 16.9 Å². The zero-order valence-corrected chi connectivity index (χ0v) is 12.2. The van der Waals surface area contributed by atoms with Crippen LogP contribution in [0.15, 0.2) is 18.2 Å². The van der Waals surface area contributed by atoms with Crippen molar-refractivity contribution < 1.29 is 17.1 Å². The molecule has 1 N–H and O–H groups in total. The van der Waals surface area contributed by atoms with Gasteiger partial charge in [-0.2, -0.15) is 13.7 Å². The molecule has 21 heavy (non-hydrogen) atoms. The SMILES string of the molecule is CNc1ccc(C#N)cc1N1CC(CS(=O)(=O)F)CC1=O. The Bertz CT molecular complexity index is 712. The van der Waals surface area contributed by atoms with Crippen LogP contribution in [0.4, 0.5) is 15.3 Å². The van der Waals surface area contributed by atoms with Crippen molar-refractivity contribution in [3.8, 4) is 6.07 Å². The summed E-state index contributed by atoms with van der Waals surface area (Å²) in [5, 5.41) is 11.8. The highest BCUT2D eigenvalue weighted by molar-refractivity contribution is 7.86. The molecule has 0 aliphatic carbocycles.